The Labute approximate surface area is 88.2 Å². The molecule has 3 nitrogen and oxygen atoms in total. The number of rotatable bonds is 3. The van der Waals surface area contributed by atoms with E-state index in [0.717, 1.165) is 12.2 Å². The van der Waals surface area contributed by atoms with Gasteiger partial charge in [0, 0.05) is 11.8 Å². The first-order chi connectivity index (χ1) is 6.75. The molecule has 4 heteroatoms. The molecule has 2 unspecified atom stereocenters. The number of aliphatic hydroxyl groups excluding tert-OH is 1. The Kier molecular flexibility index (Phi) is 3.15. The lowest BCUT2D eigenvalue weighted by Gasteiger charge is -2.04. The summed E-state index contributed by atoms with van der Waals surface area (Å²) in [5, 5.41) is 15.9. The van der Waals surface area contributed by atoms with Crippen LogP contribution in [-0.2, 0) is 6.42 Å². The number of hydrogen-bond acceptors (Lipinski definition) is 4. The Morgan fingerprint density at radius 3 is 3.29 bits per heavy atom. The second kappa shape index (κ2) is 4.38. The molecule has 1 aromatic rings. The first-order valence-corrected chi connectivity index (χ1v) is 5.99. The van der Waals surface area contributed by atoms with E-state index >= 15 is 0 Å². The summed E-state index contributed by atoms with van der Waals surface area (Å²) in [6.07, 6.45) is 2.82. The second-order valence-corrected chi connectivity index (χ2v) is 4.77. The molecule has 0 spiro atoms. The molecule has 2 N–H and O–H groups in total. The summed E-state index contributed by atoms with van der Waals surface area (Å²) in [6.45, 7) is 2.91. The van der Waals surface area contributed by atoms with Crippen LogP contribution in [0.2, 0.25) is 0 Å². The van der Waals surface area contributed by atoms with Crippen molar-refractivity contribution in [1.82, 2.24) is 10.3 Å². The van der Waals surface area contributed by atoms with Gasteiger partial charge < -0.3 is 10.4 Å². The minimum Gasteiger partial charge on any atom is -0.393 e. The van der Waals surface area contributed by atoms with Gasteiger partial charge in [-0.15, -0.1) is 11.3 Å². The van der Waals surface area contributed by atoms with Gasteiger partial charge in [0.2, 0.25) is 0 Å². The molecule has 2 atom stereocenters. The van der Waals surface area contributed by atoms with Crippen LogP contribution in [0.5, 0.6) is 0 Å². The van der Waals surface area contributed by atoms with Crippen molar-refractivity contribution in [2.24, 2.45) is 0 Å². The molecule has 0 bridgehead atoms. The van der Waals surface area contributed by atoms with Crippen molar-refractivity contribution < 1.29 is 5.11 Å². The monoisotopic (exact) mass is 212 g/mol. The highest BCUT2D eigenvalue weighted by atomic mass is 32.1. The standard InChI is InChI=1S/C10H16N2OS/c1-7(13)5-8-6-14-10(12-8)9-3-2-4-11-9/h6-7,9,11,13H,2-5H2,1H3. The summed E-state index contributed by atoms with van der Waals surface area (Å²) in [5.74, 6) is 0. The molecule has 2 rings (SSSR count). The SMILES string of the molecule is CC(O)Cc1csc(C2CCCN2)n1. The molecule has 1 saturated heterocycles. The summed E-state index contributed by atoms with van der Waals surface area (Å²) in [7, 11) is 0. The third-order valence-corrected chi connectivity index (χ3v) is 3.44. The Balaban J connectivity index is 2.01. The van der Waals surface area contributed by atoms with E-state index in [0.29, 0.717) is 12.5 Å². The van der Waals surface area contributed by atoms with Crippen molar-refractivity contribution in [2.45, 2.75) is 38.3 Å². The normalized spacial score (nSPS) is 24.0. The highest BCUT2D eigenvalue weighted by Crippen LogP contribution is 2.26. The Hall–Kier alpha value is -0.450. The molecule has 0 amide bonds. The van der Waals surface area contributed by atoms with E-state index in [9.17, 15) is 5.11 Å². The summed E-state index contributed by atoms with van der Waals surface area (Å²) >= 11 is 1.70. The molecule has 0 saturated carbocycles. The van der Waals surface area contributed by atoms with Gasteiger partial charge in [0.05, 0.1) is 17.8 Å². The maximum absolute atomic E-state index is 9.23. The predicted octanol–water partition coefficient (Wildman–Crippen LogP) is 1.49. The van der Waals surface area contributed by atoms with Gasteiger partial charge >= 0.3 is 0 Å². The van der Waals surface area contributed by atoms with E-state index in [4.69, 9.17) is 0 Å². The van der Waals surface area contributed by atoms with E-state index in [1.54, 1.807) is 18.3 Å². The van der Waals surface area contributed by atoms with Gasteiger partial charge in [0.25, 0.3) is 0 Å². The summed E-state index contributed by atoms with van der Waals surface area (Å²) in [4.78, 5) is 4.53. The van der Waals surface area contributed by atoms with Gasteiger partial charge in [-0.05, 0) is 26.3 Å². The van der Waals surface area contributed by atoms with Gasteiger partial charge in [-0.3, -0.25) is 0 Å². The Morgan fingerprint density at radius 1 is 1.79 bits per heavy atom. The first kappa shape index (κ1) is 10.1. The molecular weight excluding hydrogens is 196 g/mol. The number of nitrogens with one attached hydrogen (secondary N) is 1. The van der Waals surface area contributed by atoms with Crippen LogP contribution in [0.3, 0.4) is 0 Å². The number of thiazole rings is 1. The molecule has 1 aliphatic heterocycles. The number of aliphatic hydroxyl groups is 1. The molecule has 1 aliphatic rings. The van der Waals surface area contributed by atoms with Crippen molar-refractivity contribution in [3.8, 4) is 0 Å². The lowest BCUT2D eigenvalue weighted by atomic mass is 10.2. The van der Waals surface area contributed by atoms with Gasteiger partial charge in [0.15, 0.2) is 0 Å². The minimum atomic E-state index is -0.290. The van der Waals surface area contributed by atoms with Crippen LogP contribution >= 0.6 is 11.3 Å². The summed E-state index contributed by atoms with van der Waals surface area (Å²) in [6, 6.07) is 0.461. The first-order valence-electron chi connectivity index (χ1n) is 5.11. The quantitative estimate of drug-likeness (QED) is 0.798. The molecule has 0 aliphatic carbocycles. The van der Waals surface area contributed by atoms with Gasteiger partial charge in [-0.1, -0.05) is 0 Å². The molecular formula is C10H16N2OS. The maximum Gasteiger partial charge on any atom is 0.110 e. The minimum absolute atomic E-state index is 0.290. The Bertz CT molecular complexity index is 292. The average Bonchev–Trinajstić information content (AvgIpc) is 2.69. The van der Waals surface area contributed by atoms with Crippen molar-refractivity contribution in [3.63, 3.8) is 0 Å². The van der Waals surface area contributed by atoms with E-state index in [1.807, 2.05) is 0 Å². The fourth-order valence-corrected chi connectivity index (χ4v) is 2.72. The molecule has 0 radical (unpaired) electrons. The molecule has 1 fully saturated rings. The number of nitrogens with zero attached hydrogens (tertiary/aromatic N) is 1. The van der Waals surface area contributed by atoms with E-state index < -0.39 is 0 Å². The molecule has 78 valence electrons. The van der Waals surface area contributed by atoms with Crippen LogP contribution in [0, 0.1) is 0 Å². The van der Waals surface area contributed by atoms with Crippen molar-refractivity contribution in [3.05, 3.63) is 16.1 Å². The van der Waals surface area contributed by atoms with Crippen LogP contribution in [0.25, 0.3) is 0 Å². The number of aromatic nitrogens is 1. The zero-order chi connectivity index (χ0) is 9.97. The molecule has 1 aromatic heterocycles. The molecule has 2 heterocycles. The predicted molar refractivity (Wildman–Crippen MR) is 57.5 cm³/mol. The lowest BCUT2D eigenvalue weighted by molar-refractivity contribution is 0.194. The fourth-order valence-electron chi connectivity index (χ4n) is 1.77. The van der Waals surface area contributed by atoms with Crippen molar-refractivity contribution in [2.75, 3.05) is 6.54 Å². The largest absolute Gasteiger partial charge is 0.393 e. The number of hydrogen-bond donors (Lipinski definition) is 2. The highest BCUT2D eigenvalue weighted by Gasteiger charge is 2.19. The molecule has 14 heavy (non-hydrogen) atoms. The zero-order valence-electron chi connectivity index (χ0n) is 8.36. The molecule has 0 aromatic carbocycles. The smallest absolute Gasteiger partial charge is 0.110 e. The topological polar surface area (TPSA) is 45.1 Å². The van der Waals surface area contributed by atoms with Gasteiger partial charge in [-0.2, -0.15) is 0 Å². The third-order valence-electron chi connectivity index (χ3n) is 2.43. The summed E-state index contributed by atoms with van der Waals surface area (Å²) in [5.41, 5.74) is 1.02. The van der Waals surface area contributed by atoms with Crippen LogP contribution in [0.1, 0.15) is 36.5 Å². The summed E-state index contributed by atoms with van der Waals surface area (Å²) < 4.78 is 0. The van der Waals surface area contributed by atoms with Crippen molar-refractivity contribution in [1.29, 1.82) is 0 Å². The Morgan fingerprint density at radius 2 is 2.64 bits per heavy atom. The average molecular weight is 212 g/mol. The van der Waals surface area contributed by atoms with Crippen LogP contribution in [0.4, 0.5) is 0 Å². The van der Waals surface area contributed by atoms with Crippen molar-refractivity contribution >= 4 is 11.3 Å². The maximum atomic E-state index is 9.23. The second-order valence-electron chi connectivity index (χ2n) is 3.88. The highest BCUT2D eigenvalue weighted by molar-refractivity contribution is 7.09. The zero-order valence-corrected chi connectivity index (χ0v) is 9.18. The third kappa shape index (κ3) is 2.32. The van der Waals surface area contributed by atoms with E-state index in [2.05, 4.69) is 15.7 Å². The van der Waals surface area contributed by atoms with E-state index in [1.165, 1.54) is 17.8 Å². The van der Waals surface area contributed by atoms with Crippen LogP contribution in [-0.4, -0.2) is 22.7 Å². The lowest BCUT2D eigenvalue weighted by Crippen LogP contribution is -2.13. The fraction of sp³-hybridized carbons (Fsp3) is 0.700. The van der Waals surface area contributed by atoms with Crippen LogP contribution in [0.15, 0.2) is 5.38 Å². The van der Waals surface area contributed by atoms with Gasteiger partial charge in [-0.25, -0.2) is 4.98 Å². The van der Waals surface area contributed by atoms with E-state index in [-0.39, 0.29) is 6.10 Å². The van der Waals surface area contributed by atoms with Crippen LogP contribution < -0.4 is 5.32 Å². The van der Waals surface area contributed by atoms with Gasteiger partial charge in [0.1, 0.15) is 5.01 Å².